The predicted molar refractivity (Wildman–Crippen MR) is 96.4 cm³/mol. The van der Waals surface area contributed by atoms with E-state index in [9.17, 15) is 13.6 Å². The van der Waals surface area contributed by atoms with E-state index in [1.165, 1.54) is 21.7 Å². The van der Waals surface area contributed by atoms with Crippen LogP contribution in [0.25, 0.3) is 5.95 Å². The zero-order valence-electron chi connectivity index (χ0n) is 14.4. The van der Waals surface area contributed by atoms with Gasteiger partial charge in [0.15, 0.2) is 11.6 Å². The fourth-order valence-electron chi connectivity index (χ4n) is 3.06. The van der Waals surface area contributed by atoms with Gasteiger partial charge in [-0.25, -0.2) is 18.7 Å². The number of rotatable bonds is 2. The molecule has 3 heterocycles. The third-order valence-electron chi connectivity index (χ3n) is 4.51. The first-order valence-electron chi connectivity index (χ1n) is 8.22. The Hall–Kier alpha value is -2.65. The zero-order valence-corrected chi connectivity index (χ0v) is 15.9. The first-order valence-corrected chi connectivity index (χ1v) is 8.98. The Bertz CT molecular complexity index is 1070. The molecule has 0 fully saturated rings. The van der Waals surface area contributed by atoms with Crippen molar-refractivity contribution in [2.75, 3.05) is 0 Å². The third kappa shape index (κ3) is 3.10. The molecule has 144 valence electrons. The smallest absolute Gasteiger partial charge is 0.256 e. The number of aromatic nitrogens is 5. The van der Waals surface area contributed by atoms with Crippen molar-refractivity contribution in [1.29, 1.82) is 0 Å². The fraction of sp³-hybridized carbons (Fsp3) is 0.235. The van der Waals surface area contributed by atoms with Crippen molar-refractivity contribution in [1.82, 2.24) is 29.9 Å². The predicted octanol–water partition coefficient (Wildman–Crippen LogP) is 3.23. The lowest BCUT2D eigenvalue weighted by atomic mass is 10.0. The molecular formula is C17H12Cl2F2N6O. The highest BCUT2D eigenvalue weighted by atomic mass is 35.5. The van der Waals surface area contributed by atoms with E-state index in [0.717, 1.165) is 18.1 Å². The molecule has 3 aromatic rings. The molecule has 1 aliphatic rings. The van der Waals surface area contributed by atoms with E-state index in [-0.39, 0.29) is 34.1 Å². The number of benzene rings is 1. The van der Waals surface area contributed by atoms with E-state index in [1.807, 2.05) is 6.92 Å². The summed E-state index contributed by atoms with van der Waals surface area (Å²) in [6.45, 7) is 1.99. The molecule has 0 radical (unpaired) electrons. The van der Waals surface area contributed by atoms with Crippen molar-refractivity contribution in [3.05, 3.63) is 63.2 Å². The first kappa shape index (κ1) is 18.7. The Morgan fingerprint density at radius 2 is 1.93 bits per heavy atom. The molecule has 0 bridgehead atoms. The summed E-state index contributed by atoms with van der Waals surface area (Å²) >= 11 is 11.7. The fourth-order valence-corrected chi connectivity index (χ4v) is 3.51. The van der Waals surface area contributed by atoms with Gasteiger partial charge in [0.05, 0.1) is 40.2 Å². The SMILES string of the molecule is CC1Cc2c(nnn2-c2ncc(F)cn2)CN1C(=O)c1ccc(Cl)c(F)c1Cl. The van der Waals surface area contributed by atoms with Crippen LogP contribution in [0, 0.1) is 11.6 Å². The van der Waals surface area contributed by atoms with Crippen LogP contribution >= 0.6 is 23.2 Å². The van der Waals surface area contributed by atoms with Gasteiger partial charge in [-0.15, -0.1) is 5.10 Å². The lowest BCUT2D eigenvalue weighted by molar-refractivity contribution is 0.0653. The largest absolute Gasteiger partial charge is 0.329 e. The molecule has 4 rings (SSSR count). The Balaban J connectivity index is 1.65. The quantitative estimate of drug-likeness (QED) is 0.590. The van der Waals surface area contributed by atoms with E-state index in [1.54, 1.807) is 0 Å². The monoisotopic (exact) mass is 424 g/mol. The van der Waals surface area contributed by atoms with Gasteiger partial charge >= 0.3 is 0 Å². The molecule has 1 aromatic carbocycles. The van der Waals surface area contributed by atoms with E-state index in [2.05, 4.69) is 20.3 Å². The highest BCUT2D eigenvalue weighted by Gasteiger charge is 2.33. The van der Waals surface area contributed by atoms with E-state index >= 15 is 0 Å². The highest BCUT2D eigenvalue weighted by molar-refractivity contribution is 6.37. The maximum atomic E-state index is 14.0. The van der Waals surface area contributed by atoms with Crippen molar-refractivity contribution in [3.63, 3.8) is 0 Å². The minimum Gasteiger partial charge on any atom is -0.329 e. The lowest BCUT2D eigenvalue weighted by Crippen LogP contribution is -2.43. The number of carbonyl (C=O) groups excluding carboxylic acids is 1. The van der Waals surface area contributed by atoms with Crippen LogP contribution in [-0.4, -0.2) is 41.8 Å². The van der Waals surface area contributed by atoms with Crippen LogP contribution in [0.4, 0.5) is 8.78 Å². The number of halogens is 4. The van der Waals surface area contributed by atoms with Crippen LogP contribution in [0.2, 0.25) is 10.0 Å². The molecule has 2 aromatic heterocycles. The maximum absolute atomic E-state index is 14.0. The molecule has 1 aliphatic heterocycles. The summed E-state index contributed by atoms with van der Waals surface area (Å²) in [4.78, 5) is 22.3. The number of hydrogen-bond donors (Lipinski definition) is 0. The van der Waals surface area contributed by atoms with Gasteiger partial charge in [0, 0.05) is 12.5 Å². The summed E-state index contributed by atoms with van der Waals surface area (Å²) in [6.07, 6.45) is 2.48. The second kappa shape index (κ2) is 7.06. The summed E-state index contributed by atoms with van der Waals surface area (Å²) in [5.41, 5.74) is 1.29. The van der Waals surface area contributed by atoms with E-state index in [0.29, 0.717) is 12.1 Å². The number of fused-ring (bicyclic) bond motifs is 1. The molecule has 1 amide bonds. The normalized spacial score (nSPS) is 16.2. The van der Waals surface area contributed by atoms with Crippen molar-refractivity contribution < 1.29 is 13.6 Å². The maximum Gasteiger partial charge on any atom is 0.256 e. The van der Waals surface area contributed by atoms with Gasteiger partial charge in [-0.05, 0) is 19.1 Å². The molecule has 0 saturated carbocycles. The van der Waals surface area contributed by atoms with Gasteiger partial charge in [-0.1, -0.05) is 28.4 Å². The average molecular weight is 425 g/mol. The van der Waals surface area contributed by atoms with Crippen LogP contribution in [-0.2, 0) is 13.0 Å². The van der Waals surface area contributed by atoms with Crippen molar-refractivity contribution >= 4 is 29.1 Å². The van der Waals surface area contributed by atoms with Gasteiger partial charge < -0.3 is 4.90 Å². The van der Waals surface area contributed by atoms with E-state index in [4.69, 9.17) is 23.2 Å². The highest BCUT2D eigenvalue weighted by Crippen LogP contribution is 2.30. The molecule has 0 aliphatic carbocycles. The van der Waals surface area contributed by atoms with Gasteiger partial charge in [0.25, 0.3) is 11.9 Å². The molecule has 7 nitrogen and oxygen atoms in total. The van der Waals surface area contributed by atoms with Crippen LogP contribution in [0.3, 0.4) is 0 Å². The van der Waals surface area contributed by atoms with Gasteiger partial charge in [-0.2, -0.15) is 4.68 Å². The molecule has 11 heteroatoms. The minimum atomic E-state index is -0.834. The molecular weight excluding hydrogens is 413 g/mol. The third-order valence-corrected chi connectivity index (χ3v) is 5.17. The van der Waals surface area contributed by atoms with Crippen molar-refractivity contribution in [3.8, 4) is 5.95 Å². The van der Waals surface area contributed by atoms with Crippen molar-refractivity contribution in [2.24, 2.45) is 0 Å². The molecule has 0 N–H and O–H groups in total. The van der Waals surface area contributed by atoms with Gasteiger partial charge in [0.2, 0.25) is 0 Å². The van der Waals surface area contributed by atoms with Crippen LogP contribution in [0.15, 0.2) is 24.5 Å². The standard InChI is InChI=1S/C17H12Cl2F2N6O/c1-8-4-13-12(24-25-27(13)17-22-5-9(20)6-23-17)7-26(8)16(28)10-2-3-11(18)15(21)14(10)19/h2-3,5-6,8H,4,7H2,1H3. The number of nitrogens with zero attached hydrogens (tertiary/aromatic N) is 6. The van der Waals surface area contributed by atoms with Crippen LogP contribution in [0.1, 0.15) is 28.7 Å². The number of hydrogen-bond acceptors (Lipinski definition) is 5. The Labute approximate surface area is 167 Å². The molecule has 1 atom stereocenters. The Morgan fingerprint density at radius 1 is 1.21 bits per heavy atom. The zero-order chi connectivity index (χ0) is 20.0. The topological polar surface area (TPSA) is 76.8 Å². The average Bonchev–Trinajstić information content (AvgIpc) is 3.08. The summed E-state index contributed by atoms with van der Waals surface area (Å²) in [5.74, 6) is -1.65. The molecule has 0 spiro atoms. The molecule has 28 heavy (non-hydrogen) atoms. The van der Waals surface area contributed by atoms with Gasteiger partial charge in [-0.3, -0.25) is 4.79 Å². The second-order valence-corrected chi connectivity index (χ2v) is 7.09. The van der Waals surface area contributed by atoms with Crippen LogP contribution < -0.4 is 0 Å². The number of carbonyl (C=O) groups is 1. The summed E-state index contributed by atoms with van der Waals surface area (Å²) < 4.78 is 28.4. The minimum absolute atomic E-state index is 0.0214. The lowest BCUT2D eigenvalue weighted by Gasteiger charge is -2.33. The summed E-state index contributed by atoms with van der Waals surface area (Å²) in [7, 11) is 0. The van der Waals surface area contributed by atoms with Crippen LogP contribution in [0.5, 0.6) is 0 Å². The van der Waals surface area contributed by atoms with E-state index < -0.39 is 17.5 Å². The molecule has 1 unspecified atom stereocenters. The first-order chi connectivity index (χ1) is 13.4. The summed E-state index contributed by atoms with van der Waals surface area (Å²) in [6, 6.07) is 2.42. The number of amides is 1. The molecule has 0 saturated heterocycles. The van der Waals surface area contributed by atoms with Gasteiger partial charge in [0.1, 0.15) is 5.69 Å². The second-order valence-electron chi connectivity index (χ2n) is 6.31. The Morgan fingerprint density at radius 3 is 2.64 bits per heavy atom. The van der Waals surface area contributed by atoms with Crippen molar-refractivity contribution in [2.45, 2.75) is 25.9 Å². The Kier molecular flexibility index (Phi) is 4.72. The summed E-state index contributed by atoms with van der Waals surface area (Å²) in [5, 5.41) is 7.63.